The summed E-state index contributed by atoms with van der Waals surface area (Å²) in [5.41, 5.74) is 6.41. The van der Waals surface area contributed by atoms with E-state index in [9.17, 15) is 4.79 Å². The summed E-state index contributed by atoms with van der Waals surface area (Å²) in [6, 6.07) is 14.3. The van der Waals surface area contributed by atoms with E-state index in [1.165, 1.54) is 34.2 Å². The zero-order valence-corrected chi connectivity index (χ0v) is 19.7. The maximum Gasteiger partial charge on any atom is 0.237 e. The normalized spacial score (nSPS) is 10.5. The number of anilines is 3. The smallest absolute Gasteiger partial charge is 0.237 e. The van der Waals surface area contributed by atoms with Crippen molar-refractivity contribution in [1.82, 2.24) is 10.2 Å². The second-order valence-electron chi connectivity index (χ2n) is 7.39. The van der Waals surface area contributed by atoms with Crippen molar-refractivity contribution >= 4 is 45.5 Å². The largest absolute Gasteiger partial charge is 0.330 e. The first kappa shape index (κ1) is 22.8. The van der Waals surface area contributed by atoms with Crippen LogP contribution in [0.1, 0.15) is 28.7 Å². The highest BCUT2D eigenvalue weighted by atomic mass is 32.2. The van der Waals surface area contributed by atoms with E-state index in [1.807, 2.05) is 32.0 Å². The monoisotopic (exact) mass is 451 g/mol. The Morgan fingerprint density at radius 1 is 1.10 bits per heavy atom. The number of hydrogen-bond acceptors (Lipinski definition) is 7. The molecular weight excluding hydrogens is 426 g/mol. The maximum atomic E-state index is 12.9. The number of aryl methyl sites for hydroxylation is 4. The molecule has 1 heterocycles. The number of amides is 1. The first-order valence-electron chi connectivity index (χ1n) is 9.92. The summed E-state index contributed by atoms with van der Waals surface area (Å²) >= 11 is 2.78. The molecule has 0 saturated carbocycles. The Morgan fingerprint density at radius 3 is 2.52 bits per heavy atom. The molecule has 0 aliphatic carbocycles. The standard InChI is InChI=1S/C23H25N5OS2/c1-15-10-16(2)12-20(11-15)28(9-5-8-24)21(29)14-30-23-27-26-22(31-23)25-19-7-6-17(3)18(4)13-19/h6-7,10-13H,5,9,14H2,1-4H3,(H,25,26). The van der Waals surface area contributed by atoms with Gasteiger partial charge in [0.1, 0.15) is 0 Å². The SMILES string of the molecule is Cc1cc(C)cc(N(CCC#N)C(=O)CSc2nnc(Nc3ccc(C)c(C)c3)s2)c1. The van der Waals surface area contributed by atoms with Gasteiger partial charge in [0.2, 0.25) is 11.0 Å². The van der Waals surface area contributed by atoms with Crippen molar-refractivity contribution in [2.75, 3.05) is 22.5 Å². The fourth-order valence-corrected chi connectivity index (χ4v) is 4.78. The number of carbonyl (C=O) groups is 1. The van der Waals surface area contributed by atoms with Crippen molar-refractivity contribution in [3.63, 3.8) is 0 Å². The van der Waals surface area contributed by atoms with Crippen molar-refractivity contribution in [2.24, 2.45) is 0 Å². The number of nitrogens with zero attached hydrogens (tertiary/aromatic N) is 4. The summed E-state index contributed by atoms with van der Waals surface area (Å²) < 4.78 is 0.723. The number of aromatic nitrogens is 2. The Kier molecular flexibility index (Phi) is 7.66. The molecule has 0 fully saturated rings. The van der Waals surface area contributed by atoms with Gasteiger partial charge >= 0.3 is 0 Å². The Morgan fingerprint density at radius 2 is 1.84 bits per heavy atom. The van der Waals surface area contributed by atoms with Gasteiger partial charge in [-0.1, -0.05) is 35.2 Å². The first-order chi connectivity index (χ1) is 14.9. The molecule has 1 aromatic heterocycles. The summed E-state index contributed by atoms with van der Waals surface area (Å²) in [5, 5.41) is 21.3. The Bertz CT molecular complexity index is 1100. The molecule has 0 radical (unpaired) electrons. The molecule has 160 valence electrons. The third-order valence-electron chi connectivity index (χ3n) is 4.75. The van der Waals surface area contributed by atoms with Gasteiger partial charge < -0.3 is 10.2 Å². The van der Waals surface area contributed by atoms with Gasteiger partial charge in [-0.15, -0.1) is 10.2 Å². The number of nitriles is 1. The Balaban J connectivity index is 1.65. The number of carbonyl (C=O) groups excluding carboxylic acids is 1. The van der Waals surface area contributed by atoms with Gasteiger partial charge in [0, 0.05) is 17.9 Å². The van der Waals surface area contributed by atoms with E-state index in [1.54, 1.807) is 4.90 Å². The molecule has 0 saturated heterocycles. The van der Waals surface area contributed by atoms with Crippen LogP contribution < -0.4 is 10.2 Å². The summed E-state index contributed by atoms with van der Waals surface area (Å²) in [5.74, 6) is 0.181. The summed E-state index contributed by atoms with van der Waals surface area (Å²) in [4.78, 5) is 14.6. The second-order valence-corrected chi connectivity index (χ2v) is 9.59. The average molecular weight is 452 g/mol. The highest BCUT2D eigenvalue weighted by Crippen LogP contribution is 2.29. The van der Waals surface area contributed by atoms with Crippen LogP contribution in [-0.4, -0.2) is 28.4 Å². The minimum atomic E-state index is -0.0517. The molecule has 3 rings (SSSR count). The number of hydrogen-bond donors (Lipinski definition) is 1. The Labute approximate surface area is 191 Å². The van der Waals surface area contributed by atoms with Gasteiger partial charge in [0.05, 0.1) is 18.2 Å². The summed E-state index contributed by atoms with van der Waals surface area (Å²) in [6.07, 6.45) is 0.284. The molecule has 1 amide bonds. The lowest BCUT2D eigenvalue weighted by Gasteiger charge is -2.22. The summed E-state index contributed by atoms with van der Waals surface area (Å²) in [6.45, 7) is 8.52. The lowest BCUT2D eigenvalue weighted by Crippen LogP contribution is -2.33. The van der Waals surface area contributed by atoms with Crippen molar-refractivity contribution in [2.45, 2.75) is 38.5 Å². The lowest BCUT2D eigenvalue weighted by atomic mass is 10.1. The van der Waals surface area contributed by atoms with E-state index < -0.39 is 0 Å². The van der Waals surface area contributed by atoms with E-state index in [-0.39, 0.29) is 18.1 Å². The highest BCUT2D eigenvalue weighted by molar-refractivity contribution is 8.01. The second kappa shape index (κ2) is 10.4. The molecule has 3 aromatic rings. The van der Waals surface area contributed by atoms with E-state index >= 15 is 0 Å². The number of rotatable bonds is 8. The van der Waals surface area contributed by atoms with Crippen LogP contribution in [0.3, 0.4) is 0 Å². The molecule has 0 aliphatic rings. The van der Waals surface area contributed by atoms with Crippen LogP contribution in [0.15, 0.2) is 40.7 Å². The van der Waals surface area contributed by atoms with Gasteiger partial charge in [-0.2, -0.15) is 5.26 Å². The zero-order valence-electron chi connectivity index (χ0n) is 18.1. The molecule has 31 heavy (non-hydrogen) atoms. The van der Waals surface area contributed by atoms with Crippen LogP contribution >= 0.6 is 23.1 Å². The Hall–Kier alpha value is -2.89. The molecule has 0 bridgehead atoms. The third-order valence-corrected chi connectivity index (χ3v) is 6.71. The summed E-state index contributed by atoms with van der Waals surface area (Å²) in [7, 11) is 0. The van der Waals surface area contributed by atoms with E-state index in [0.717, 1.165) is 26.8 Å². The van der Waals surface area contributed by atoms with Crippen LogP contribution in [0.4, 0.5) is 16.5 Å². The van der Waals surface area contributed by atoms with Crippen LogP contribution in [0.5, 0.6) is 0 Å². The van der Waals surface area contributed by atoms with Gasteiger partial charge in [-0.25, -0.2) is 0 Å². The van der Waals surface area contributed by atoms with Gasteiger partial charge in [0.25, 0.3) is 0 Å². The fraction of sp³-hybridized carbons (Fsp3) is 0.304. The molecule has 1 N–H and O–H groups in total. The van der Waals surface area contributed by atoms with Crippen LogP contribution in [-0.2, 0) is 4.79 Å². The van der Waals surface area contributed by atoms with Crippen molar-refractivity contribution in [3.05, 3.63) is 58.7 Å². The molecule has 0 spiro atoms. The average Bonchev–Trinajstić information content (AvgIpc) is 3.16. The van der Waals surface area contributed by atoms with E-state index in [4.69, 9.17) is 5.26 Å². The zero-order chi connectivity index (χ0) is 22.4. The molecule has 0 aliphatic heterocycles. The van der Waals surface area contributed by atoms with Gasteiger partial charge in [0.15, 0.2) is 4.34 Å². The van der Waals surface area contributed by atoms with Crippen molar-refractivity contribution in [1.29, 1.82) is 5.26 Å². The first-order valence-corrected chi connectivity index (χ1v) is 11.7. The van der Waals surface area contributed by atoms with Crippen LogP contribution in [0.25, 0.3) is 0 Å². The van der Waals surface area contributed by atoms with Gasteiger partial charge in [-0.3, -0.25) is 4.79 Å². The molecule has 0 atom stereocenters. The third kappa shape index (κ3) is 6.29. The predicted molar refractivity (Wildman–Crippen MR) is 128 cm³/mol. The highest BCUT2D eigenvalue weighted by Gasteiger charge is 2.18. The molecule has 6 nitrogen and oxygen atoms in total. The minimum Gasteiger partial charge on any atom is -0.330 e. The van der Waals surface area contributed by atoms with Crippen LogP contribution in [0, 0.1) is 39.0 Å². The predicted octanol–water partition coefficient (Wildman–Crippen LogP) is 5.55. The quantitative estimate of drug-likeness (QED) is 0.452. The van der Waals surface area contributed by atoms with Crippen molar-refractivity contribution in [3.8, 4) is 6.07 Å². The van der Waals surface area contributed by atoms with E-state index in [0.29, 0.717) is 11.7 Å². The van der Waals surface area contributed by atoms with Gasteiger partial charge in [-0.05, 0) is 74.2 Å². The minimum absolute atomic E-state index is 0.0517. The molecular formula is C23H25N5OS2. The number of benzene rings is 2. The molecule has 8 heteroatoms. The van der Waals surface area contributed by atoms with Crippen molar-refractivity contribution < 1.29 is 4.79 Å². The number of nitrogens with one attached hydrogen (secondary N) is 1. The molecule has 0 unspecified atom stereocenters. The van der Waals surface area contributed by atoms with Crippen LogP contribution in [0.2, 0.25) is 0 Å². The molecule has 2 aromatic carbocycles. The number of thioether (sulfide) groups is 1. The lowest BCUT2D eigenvalue weighted by molar-refractivity contribution is -0.116. The fourth-order valence-electron chi connectivity index (χ4n) is 3.13. The maximum absolute atomic E-state index is 12.9. The topological polar surface area (TPSA) is 81.9 Å². The van der Waals surface area contributed by atoms with E-state index in [2.05, 4.69) is 53.6 Å².